The first-order valence-electron chi connectivity index (χ1n) is 28.9. The summed E-state index contributed by atoms with van der Waals surface area (Å²) < 4.78 is 107. The zero-order valence-corrected chi connectivity index (χ0v) is 60.0. The van der Waals surface area contributed by atoms with Crippen molar-refractivity contribution in [2.24, 2.45) is 11.5 Å². The summed E-state index contributed by atoms with van der Waals surface area (Å²) in [6.45, 7) is 11.5. The average Bonchev–Trinajstić information content (AvgIpc) is 0.810. The number of carbonyl (C=O) groups is 3. The molecule has 8 rings (SSSR count). The Bertz CT molecular complexity index is 4360. The van der Waals surface area contributed by atoms with Gasteiger partial charge in [-0.2, -0.15) is 19.1 Å². The number of hydrogen-bond acceptors (Lipinski definition) is 24. The molecule has 0 saturated carbocycles. The van der Waals surface area contributed by atoms with E-state index in [9.17, 15) is 63.7 Å². The molecule has 2 aliphatic rings. The quantitative estimate of drug-likeness (QED) is 0.0601. The molecule has 4 aromatic heterocycles. The molecule has 6 aromatic rings. The Morgan fingerprint density at radius 3 is 1.31 bits per heavy atom. The number of nitrogens with one attached hydrogen (secondary N) is 3. The molecule has 8 N–H and O–H groups in total. The third kappa shape index (κ3) is 20.7. The topological polar surface area (TPSA) is 444 Å². The van der Waals surface area contributed by atoms with Crippen molar-refractivity contribution in [3.05, 3.63) is 130 Å². The van der Waals surface area contributed by atoms with Gasteiger partial charge in [-0.1, -0.05) is 12.1 Å². The molecule has 2 aliphatic heterocycles. The van der Waals surface area contributed by atoms with Gasteiger partial charge in [0.1, 0.15) is 45.0 Å². The molecular weight excluding hydrogens is 1400 g/mol. The minimum Gasteiger partial charge on any atom is -0.465 e. The van der Waals surface area contributed by atoms with Crippen LogP contribution in [0.15, 0.2) is 95.0 Å². The molecule has 0 atom stereocenters. The largest absolute Gasteiger partial charge is 0.465 e. The molecule has 0 unspecified atom stereocenters. The molecule has 2 fully saturated rings. The second kappa shape index (κ2) is 33.8. The maximum atomic E-state index is 13.5. The van der Waals surface area contributed by atoms with Gasteiger partial charge in [0.25, 0.3) is 11.8 Å². The van der Waals surface area contributed by atoms with Crippen LogP contribution < -0.4 is 45.8 Å². The minimum absolute atomic E-state index is 0. The standard InChI is InChI=1S/C30H37N9O7S2.C28H37N11O5S2.3ClH/c1-20-15-22(17-31)34-28(33-20)37-11-13-38(14-12-37)48(45,46)23-8-10-26(32-18-23)35-27(40)24-16-21(19-39(29(41)42)30(2,3)4)7-9-25(24)36(5)47(6,43)44;1-19-12-21(14-29)35-28(34-19)38-8-10-39(11-9-38)46(43,44)23-5-7-26(33-18-23)36-27(40)24-13-20(17-32-22(15-30)16-31)4-6-25(24)37(2)45(3,41)42;;;/h7-10,15-16,18H,11-14,19H2,1-6H3,(H,41,42)(H,32,35,40);4-7,12-13,18,22,32H,8-11,15-17,30-31H2,1-3H3,(H,33,36,40);3*1H. The van der Waals surface area contributed by atoms with E-state index in [1.165, 1.54) is 70.1 Å². The van der Waals surface area contributed by atoms with Crippen LogP contribution in [0.3, 0.4) is 0 Å². The lowest BCUT2D eigenvalue weighted by molar-refractivity contribution is 0.0954. The Balaban J connectivity index is 0.000000400. The van der Waals surface area contributed by atoms with Gasteiger partial charge in [0, 0.05) is 128 Å². The van der Waals surface area contributed by atoms with Crippen LogP contribution in [-0.2, 0) is 53.2 Å². The van der Waals surface area contributed by atoms with E-state index in [0.717, 1.165) is 33.5 Å². The molecule has 6 heterocycles. The number of pyridine rings is 2. The second-order valence-corrected chi connectivity index (χ2v) is 30.7. The van der Waals surface area contributed by atoms with Crippen molar-refractivity contribution in [1.29, 1.82) is 10.5 Å². The minimum atomic E-state index is -3.94. The van der Waals surface area contributed by atoms with Crippen molar-refractivity contribution in [3.63, 3.8) is 0 Å². The summed E-state index contributed by atoms with van der Waals surface area (Å²) in [7, 11) is -12.7. The molecule has 526 valence electrons. The first-order chi connectivity index (χ1) is 44.1. The van der Waals surface area contributed by atoms with E-state index in [0.29, 0.717) is 80.2 Å². The van der Waals surface area contributed by atoms with Crippen LogP contribution >= 0.6 is 37.2 Å². The van der Waals surface area contributed by atoms with Gasteiger partial charge < -0.3 is 42.3 Å². The highest BCUT2D eigenvalue weighted by molar-refractivity contribution is 7.92. The first kappa shape index (κ1) is 81.2. The number of nitrogens with zero attached hydrogens (tertiary/aromatic N) is 15. The summed E-state index contributed by atoms with van der Waals surface area (Å²) in [6, 6.07) is 21.5. The summed E-state index contributed by atoms with van der Waals surface area (Å²) in [5.41, 5.74) is 13.7. The SMILES string of the molecule is Cc1cc(C#N)nc(N2CCN(S(=O)(=O)c3ccc(NC(=O)c4cc(CN(C(=O)O)C(C)(C)C)ccc4N(C)S(C)(=O)=O)nc3)CC2)n1.Cc1cc(C#N)nc(N2CCN(S(=O)(=O)c3ccc(NC(=O)c4cc(CNC(CN)CN)ccc4N(C)S(C)(=O)=O)nc3)CC2)n1.Cl.Cl.Cl. The number of hydrogen-bond donors (Lipinski definition) is 6. The van der Waals surface area contributed by atoms with Gasteiger partial charge >= 0.3 is 6.09 Å². The number of piperazine rings is 2. The molecule has 97 heavy (non-hydrogen) atoms. The Kier molecular flexibility index (Phi) is 28.3. The van der Waals surface area contributed by atoms with Gasteiger partial charge in [-0.3, -0.25) is 23.1 Å². The highest BCUT2D eigenvalue weighted by Gasteiger charge is 2.33. The Labute approximate surface area is 582 Å². The smallest absolute Gasteiger partial charge is 0.408 e. The van der Waals surface area contributed by atoms with Gasteiger partial charge in [0.2, 0.25) is 52.0 Å². The summed E-state index contributed by atoms with van der Waals surface area (Å²) in [5, 5.41) is 36.5. The van der Waals surface area contributed by atoms with Gasteiger partial charge in [-0.25, -0.2) is 68.4 Å². The number of anilines is 6. The van der Waals surface area contributed by atoms with Gasteiger partial charge in [-0.05, 0) is 106 Å². The van der Waals surface area contributed by atoms with Crippen molar-refractivity contribution in [2.45, 2.75) is 69.1 Å². The van der Waals surface area contributed by atoms with Crippen LogP contribution in [0.2, 0.25) is 0 Å². The summed E-state index contributed by atoms with van der Waals surface area (Å²) in [4.78, 5) is 69.0. The number of carbonyl (C=O) groups excluding carboxylic acids is 2. The third-order valence-corrected chi connectivity index (χ3v) is 21.2. The lowest BCUT2D eigenvalue weighted by Gasteiger charge is -2.34. The third-order valence-electron chi connectivity index (χ3n) is 15.0. The Hall–Kier alpha value is -8.24. The van der Waals surface area contributed by atoms with Crippen molar-refractivity contribution >= 4 is 130 Å². The second-order valence-electron chi connectivity index (χ2n) is 22.8. The van der Waals surface area contributed by atoms with E-state index in [1.807, 2.05) is 21.9 Å². The highest BCUT2D eigenvalue weighted by atomic mass is 35.5. The molecule has 2 saturated heterocycles. The highest BCUT2D eigenvalue weighted by Crippen LogP contribution is 2.29. The van der Waals surface area contributed by atoms with E-state index < -0.39 is 63.5 Å². The molecular formula is C58H77Cl3N20O12S4. The van der Waals surface area contributed by atoms with Crippen molar-refractivity contribution in [2.75, 3.05) is 121 Å². The molecule has 0 radical (unpaired) electrons. The monoisotopic (exact) mass is 1480 g/mol. The number of carboxylic acid groups (broad SMARTS) is 1. The molecule has 0 aliphatic carbocycles. The number of amides is 3. The maximum Gasteiger partial charge on any atom is 0.408 e. The first-order valence-corrected chi connectivity index (χ1v) is 35.5. The molecule has 2 aromatic carbocycles. The van der Waals surface area contributed by atoms with Gasteiger partial charge in [-0.15, -0.1) is 37.2 Å². The predicted octanol–water partition coefficient (Wildman–Crippen LogP) is 3.34. The van der Waals surface area contributed by atoms with Gasteiger partial charge in [0.15, 0.2) is 0 Å². The van der Waals surface area contributed by atoms with Crippen molar-refractivity contribution in [3.8, 4) is 12.1 Å². The van der Waals surface area contributed by atoms with Crippen molar-refractivity contribution in [1.82, 2.24) is 48.7 Å². The van der Waals surface area contributed by atoms with E-state index in [4.69, 9.17) is 11.5 Å². The van der Waals surface area contributed by atoms with Crippen LogP contribution in [0.1, 0.15) is 75.4 Å². The zero-order valence-electron chi connectivity index (χ0n) is 54.3. The van der Waals surface area contributed by atoms with E-state index >= 15 is 0 Å². The van der Waals surface area contributed by atoms with Crippen LogP contribution in [0.4, 0.5) is 39.7 Å². The van der Waals surface area contributed by atoms with E-state index in [2.05, 4.69) is 45.9 Å². The fraction of sp³-hybridized carbons (Fsp3) is 0.397. The van der Waals surface area contributed by atoms with E-state index in [1.54, 1.807) is 65.0 Å². The number of sulfonamides is 4. The Morgan fingerprint density at radius 2 is 0.979 bits per heavy atom. The van der Waals surface area contributed by atoms with Crippen molar-refractivity contribution < 1.29 is 53.2 Å². The number of aromatic nitrogens is 6. The molecule has 0 spiro atoms. The normalized spacial score (nSPS) is 13.8. The van der Waals surface area contributed by atoms with Crippen LogP contribution in [0, 0.1) is 36.5 Å². The zero-order chi connectivity index (χ0) is 69.3. The van der Waals surface area contributed by atoms with Gasteiger partial charge in [0.05, 0.1) is 35.0 Å². The number of aryl methyl sites for hydroxylation is 2. The summed E-state index contributed by atoms with van der Waals surface area (Å²) in [6.07, 6.45) is 3.12. The van der Waals surface area contributed by atoms with Crippen LogP contribution in [-0.4, -0.2) is 204 Å². The molecule has 0 bridgehead atoms. The number of nitrogens with two attached hydrogens (primary N) is 2. The fourth-order valence-electron chi connectivity index (χ4n) is 9.58. The number of benzene rings is 2. The lowest BCUT2D eigenvalue weighted by atomic mass is 10.0. The van der Waals surface area contributed by atoms with Crippen LogP contribution in [0.5, 0.6) is 0 Å². The Morgan fingerprint density at radius 1 is 0.598 bits per heavy atom. The van der Waals surface area contributed by atoms with E-state index in [-0.39, 0.29) is 131 Å². The summed E-state index contributed by atoms with van der Waals surface area (Å²) in [5.74, 6) is -0.570. The number of rotatable bonds is 21. The average molecular weight is 1480 g/mol. The predicted molar refractivity (Wildman–Crippen MR) is 372 cm³/mol. The molecule has 3 amide bonds. The maximum absolute atomic E-state index is 13.5. The summed E-state index contributed by atoms with van der Waals surface area (Å²) >= 11 is 0. The molecule has 32 nitrogen and oxygen atoms in total. The molecule has 39 heteroatoms. The number of halogens is 3. The fourth-order valence-corrected chi connectivity index (χ4v) is 13.4. The number of nitriles is 2. The van der Waals surface area contributed by atoms with Crippen LogP contribution in [0.25, 0.3) is 0 Å². The lowest BCUT2D eigenvalue weighted by Crippen LogP contribution is -2.49.